The van der Waals surface area contributed by atoms with E-state index in [1.807, 2.05) is 4.90 Å². The molecule has 0 unspecified atom stereocenters. The van der Waals surface area contributed by atoms with Crippen LogP contribution >= 0.6 is 0 Å². The Hall–Kier alpha value is -2.09. The van der Waals surface area contributed by atoms with Gasteiger partial charge in [0.25, 0.3) is 0 Å². The molecule has 5 heteroatoms. The highest BCUT2D eigenvalue weighted by atomic mass is 16.4. The number of carboxylic acids is 1. The number of hydrogen-bond donors (Lipinski definition) is 1. The van der Waals surface area contributed by atoms with E-state index in [1.165, 1.54) is 19.0 Å². The van der Waals surface area contributed by atoms with Gasteiger partial charge in [-0.3, -0.25) is 4.98 Å². The van der Waals surface area contributed by atoms with Crippen LogP contribution in [-0.4, -0.2) is 34.1 Å². The third-order valence-electron chi connectivity index (χ3n) is 2.62. The highest BCUT2D eigenvalue weighted by Crippen LogP contribution is 2.30. The van der Waals surface area contributed by atoms with Crippen LogP contribution in [-0.2, 0) is 0 Å². The summed E-state index contributed by atoms with van der Waals surface area (Å²) in [5, 5.41) is 8.85. The van der Waals surface area contributed by atoms with Gasteiger partial charge in [0.05, 0.1) is 18.9 Å². The molecule has 1 aromatic heterocycles. The first kappa shape index (κ1) is 11.4. The minimum absolute atomic E-state index is 0.0553. The highest BCUT2D eigenvalue weighted by molar-refractivity contribution is 5.85. The van der Waals surface area contributed by atoms with E-state index in [4.69, 9.17) is 11.5 Å². The number of hydrogen-bond acceptors (Lipinski definition) is 4. The number of nitrogens with zero attached hydrogens (tertiary/aromatic N) is 3. The molecule has 0 atom stereocenters. The summed E-state index contributed by atoms with van der Waals surface area (Å²) < 4.78 is 0. The first-order valence-corrected chi connectivity index (χ1v) is 5.44. The number of carbonyl (C=O) groups is 1. The fourth-order valence-corrected chi connectivity index (χ4v) is 1.57. The topological polar surface area (TPSA) is 66.3 Å². The summed E-state index contributed by atoms with van der Waals surface area (Å²) in [6.07, 6.45) is 10.5. The van der Waals surface area contributed by atoms with E-state index >= 15 is 0 Å². The standard InChI is InChI=1S/C12H13N3O2/c1-2-5-15(8-9-3-4-9)11-7-13-6-10(14-11)12(16)17/h1,6-7,9H,3-5,8H2,(H,16,17). The quantitative estimate of drug-likeness (QED) is 0.766. The predicted octanol–water partition coefficient (Wildman–Crippen LogP) is 1.02. The SMILES string of the molecule is C#CCN(CC1CC1)c1cncc(C(=O)O)n1. The molecule has 88 valence electrons. The molecule has 0 bridgehead atoms. The van der Waals surface area contributed by atoms with Crippen molar-refractivity contribution in [3.05, 3.63) is 18.1 Å². The van der Waals surface area contributed by atoms with Crippen LogP contribution in [0.1, 0.15) is 23.3 Å². The Kier molecular flexibility index (Phi) is 3.24. The van der Waals surface area contributed by atoms with Crippen molar-refractivity contribution in [2.24, 2.45) is 5.92 Å². The lowest BCUT2D eigenvalue weighted by Gasteiger charge is -2.20. The third-order valence-corrected chi connectivity index (χ3v) is 2.62. The Bertz CT molecular complexity index is 463. The third kappa shape index (κ3) is 2.94. The van der Waals surface area contributed by atoms with Crippen LogP contribution in [0.5, 0.6) is 0 Å². The number of rotatable bonds is 5. The zero-order valence-electron chi connectivity index (χ0n) is 9.33. The number of anilines is 1. The molecule has 1 heterocycles. The molecule has 1 fully saturated rings. The van der Waals surface area contributed by atoms with Crippen LogP contribution in [0, 0.1) is 18.3 Å². The van der Waals surface area contributed by atoms with Crippen molar-refractivity contribution in [3.8, 4) is 12.3 Å². The Labute approximate surface area is 99.5 Å². The van der Waals surface area contributed by atoms with Gasteiger partial charge in [-0.25, -0.2) is 9.78 Å². The van der Waals surface area contributed by atoms with Crippen molar-refractivity contribution in [1.82, 2.24) is 9.97 Å². The number of aromatic carboxylic acids is 1. The first-order valence-electron chi connectivity index (χ1n) is 5.44. The predicted molar refractivity (Wildman–Crippen MR) is 62.8 cm³/mol. The van der Waals surface area contributed by atoms with Gasteiger partial charge in [-0.15, -0.1) is 6.42 Å². The molecule has 0 amide bonds. The summed E-state index contributed by atoms with van der Waals surface area (Å²) >= 11 is 0. The lowest BCUT2D eigenvalue weighted by molar-refractivity contribution is 0.0690. The second kappa shape index (κ2) is 4.83. The summed E-state index contributed by atoms with van der Waals surface area (Å²) in [5.41, 5.74) is -0.0553. The Morgan fingerprint density at radius 3 is 2.94 bits per heavy atom. The van der Waals surface area contributed by atoms with Crippen molar-refractivity contribution in [2.75, 3.05) is 18.0 Å². The van der Waals surface area contributed by atoms with Crippen LogP contribution in [0.4, 0.5) is 5.82 Å². The van der Waals surface area contributed by atoms with Gasteiger partial charge in [0.1, 0.15) is 5.82 Å². The van der Waals surface area contributed by atoms with E-state index in [-0.39, 0.29) is 5.69 Å². The second-order valence-electron chi connectivity index (χ2n) is 4.10. The maximum atomic E-state index is 10.8. The van der Waals surface area contributed by atoms with Gasteiger partial charge in [0, 0.05) is 6.54 Å². The minimum atomic E-state index is -1.08. The molecule has 2 rings (SSSR count). The molecule has 1 saturated carbocycles. The first-order chi connectivity index (χ1) is 8.20. The number of carboxylic acid groups (broad SMARTS) is 1. The fraction of sp³-hybridized carbons (Fsp3) is 0.417. The minimum Gasteiger partial charge on any atom is -0.476 e. The van der Waals surface area contributed by atoms with Gasteiger partial charge in [-0.2, -0.15) is 0 Å². The van der Waals surface area contributed by atoms with E-state index in [0.717, 1.165) is 6.54 Å². The van der Waals surface area contributed by atoms with Crippen molar-refractivity contribution >= 4 is 11.8 Å². The normalized spacial score (nSPS) is 14.1. The molecular formula is C12H13N3O2. The van der Waals surface area contributed by atoms with Gasteiger partial charge >= 0.3 is 5.97 Å². The Balaban J connectivity index is 2.18. The molecule has 1 N–H and O–H groups in total. The summed E-state index contributed by atoms with van der Waals surface area (Å²) in [4.78, 5) is 20.6. The zero-order valence-corrected chi connectivity index (χ0v) is 9.33. The van der Waals surface area contributed by atoms with Gasteiger partial charge in [-0.1, -0.05) is 5.92 Å². The van der Waals surface area contributed by atoms with Crippen LogP contribution in [0.25, 0.3) is 0 Å². The molecule has 1 aliphatic carbocycles. The fourth-order valence-electron chi connectivity index (χ4n) is 1.57. The van der Waals surface area contributed by atoms with Gasteiger partial charge in [0.15, 0.2) is 5.69 Å². The number of aromatic nitrogens is 2. The molecular weight excluding hydrogens is 218 g/mol. The largest absolute Gasteiger partial charge is 0.476 e. The molecule has 0 aliphatic heterocycles. The highest BCUT2D eigenvalue weighted by Gasteiger charge is 2.25. The van der Waals surface area contributed by atoms with Crippen LogP contribution in [0.3, 0.4) is 0 Å². The molecule has 0 radical (unpaired) electrons. The second-order valence-corrected chi connectivity index (χ2v) is 4.10. The van der Waals surface area contributed by atoms with E-state index < -0.39 is 5.97 Å². The lowest BCUT2D eigenvalue weighted by Crippen LogP contribution is -2.27. The van der Waals surface area contributed by atoms with E-state index in [1.54, 1.807) is 6.20 Å². The zero-order chi connectivity index (χ0) is 12.3. The average molecular weight is 231 g/mol. The van der Waals surface area contributed by atoms with Crippen molar-refractivity contribution in [2.45, 2.75) is 12.8 Å². The van der Waals surface area contributed by atoms with Crippen molar-refractivity contribution in [3.63, 3.8) is 0 Å². The maximum Gasteiger partial charge on any atom is 0.356 e. The van der Waals surface area contributed by atoms with Crippen molar-refractivity contribution in [1.29, 1.82) is 0 Å². The van der Waals surface area contributed by atoms with Gasteiger partial charge < -0.3 is 10.0 Å². The van der Waals surface area contributed by atoms with Crippen LogP contribution < -0.4 is 4.90 Å². The van der Waals surface area contributed by atoms with Gasteiger partial charge in [-0.05, 0) is 18.8 Å². The molecule has 1 aromatic rings. The maximum absolute atomic E-state index is 10.8. The summed E-state index contributed by atoms with van der Waals surface area (Å²) in [7, 11) is 0. The van der Waals surface area contributed by atoms with Crippen LogP contribution in [0.15, 0.2) is 12.4 Å². The molecule has 17 heavy (non-hydrogen) atoms. The molecule has 5 nitrogen and oxygen atoms in total. The average Bonchev–Trinajstić information content (AvgIpc) is 3.12. The summed E-state index contributed by atoms with van der Waals surface area (Å²) in [6.45, 7) is 1.25. The monoisotopic (exact) mass is 231 g/mol. The Morgan fingerprint density at radius 1 is 1.59 bits per heavy atom. The van der Waals surface area contributed by atoms with E-state index in [9.17, 15) is 4.79 Å². The summed E-state index contributed by atoms with van der Waals surface area (Å²) in [6, 6.07) is 0. The molecule has 1 aliphatic rings. The molecule has 0 saturated heterocycles. The Morgan fingerprint density at radius 2 is 2.35 bits per heavy atom. The van der Waals surface area contributed by atoms with Crippen LogP contribution in [0.2, 0.25) is 0 Å². The van der Waals surface area contributed by atoms with Gasteiger partial charge in [0.2, 0.25) is 0 Å². The summed E-state index contributed by atoms with van der Waals surface area (Å²) in [5.74, 6) is 2.67. The number of terminal acetylenes is 1. The van der Waals surface area contributed by atoms with E-state index in [2.05, 4.69) is 15.9 Å². The molecule has 0 spiro atoms. The van der Waals surface area contributed by atoms with E-state index in [0.29, 0.717) is 18.3 Å². The molecule has 0 aromatic carbocycles. The lowest BCUT2D eigenvalue weighted by atomic mass is 10.3. The van der Waals surface area contributed by atoms with Crippen molar-refractivity contribution < 1.29 is 9.90 Å². The smallest absolute Gasteiger partial charge is 0.356 e.